The molecule has 0 spiro atoms. The van der Waals surface area contributed by atoms with Gasteiger partial charge >= 0.3 is 0 Å². The van der Waals surface area contributed by atoms with Crippen LogP contribution in [0.4, 0.5) is 0 Å². The molecule has 0 aliphatic carbocycles. The standard InChI is InChI=1S/C22H27ClN2O2/c1-15(2)14-20(25-21(26)19-7-5-4-6-16(19)3)22(27)24-13-12-17-8-10-18(23)11-9-17/h4-11,15,20H,12-14H2,1-3H3,(H,24,27)(H,25,26)/t20-/m0/s1. The second-order valence-corrected chi connectivity index (χ2v) is 7.57. The fraction of sp³-hybridized carbons (Fsp3) is 0.364. The second-order valence-electron chi connectivity index (χ2n) is 7.14. The van der Waals surface area contributed by atoms with Crippen molar-refractivity contribution in [3.8, 4) is 0 Å². The number of carbonyl (C=O) groups excluding carboxylic acids is 2. The Hall–Kier alpha value is -2.33. The highest BCUT2D eigenvalue weighted by Crippen LogP contribution is 2.11. The van der Waals surface area contributed by atoms with Crippen LogP contribution in [0.3, 0.4) is 0 Å². The highest BCUT2D eigenvalue weighted by atomic mass is 35.5. The highest BCUT2D eigenvalue weighted by molar-refractivity contribution is 6.30. The second kappa shape index (κ2) is 10.1. The Bertz CT molecular complexity index is 772. The van der Waals surface area contributed by atoms with E-state index >= 15 is 0 Å². The summed E-state index contributed by atoms with van der Waals surface area (Å²) in [6.07, 6.45) is 1.30. The summed E-state index contributed by atoms with van der Waals surface area (Å²) in [6, 6.07) is 14.4. The zero-order valence-electron chi connectivity index (χ0n) is 16.1. The molecular formula is C22H27ClN2O2. The van der Waals surface area contributed by atoms with Crippen LogP contribution in [0.5, 0.6) is 0 Å². The maximum atomic E-state index is 12.6. The van der Waals surface area contributed by atoms with Crippen molar-refractivity contribution in [3.63, 3.8) is 0 Å². The summed E-state index contributed by atoms with van der Waals surface area (Å²) >= 11 is 5.89. The maximum Gasteiger partial charge on any atom is 0.252 e. The molecule has 2 rings (SSSR count). The zero-order chi connectivity index (χ0) is 19.8. The fourth-order valence-corrected chi connectivity index (χ4v) is 3.00. The number of hydrogen-bond acceptors (Lipinski definition) is 2. The first-order chi connectivity index (χ1) is 12.9. The summed E-state index contributed by atoms with van der Waals surface area (Å²) in [6.45, 7) is 6.47. The van der Waals surface area contributed by atoms with Gasteiger partial charge in [0.1, 0.15) is 6.04 Å². The number of aryl methyl sites for hydroxylation is 1. The van der Waals surface area contributed by atoms with Gasteiger partial charge < -0.3 is 10.6 Å². The Morgan fingerprint density at radius 3 is 2.33 bits per heavy atom. The minimum Gasteiger partial charge on any atom is -0.354 e. The van der Waals surface area contributed by atoms with Gasteiger partial charge in [0.25, 0.3) is 5.91 Å². The van der Waals surface area contributed by atoms with Crippen molar-refractivity contribution in [2.24, 2.45) is 5.92 Å². The molecule has 2 aromatic carbocycles. The van der Waals surface area contributed by atoms with Crippen LogP contribution in [0.1, 0.15) is 41.8 Å². The van der Waals surface area contributed by atoms with E-state index in [0.29, 0.717) is 30.0 Å². The first kappa shape index (κ1) is 21.0. The van der Waals surface area contributed by atoms with E-state index in [0.717, 1.165) is 11.1 Å². The summed E-state index contributed by atoms with van der Waals surface area (Å²) in [5.41, 5.74) is 2.59. The molecule has 5 heteroatoms. The molecule has 144 valence electrons. The molecule has 2 aromatic rings. The van der Waals surface area contributed by atoms with E-state index in [9.17, 15) is 9.59 Å². The topological polar surface area (TPSA) is 58.2 Å². The lowest BCUT2D eigenvalue weighted by molar-refractivity contribution is -0.123. The predicted octanol–water partition coefficient (Wildman–Crippen LogP) is 4.15. The van der Waals surface area contributed by atoms with Crippen LogP contribution < -0.4 is 10.6 Å². The molecule has 4 nitrogen and oxygen atoms in total. The summed E-state index contributed by atoms with van der Waals surface area (Å²) in [5, 5.41) is 6.52. The molecule has 27 heavy (non-hydrogen) atoms. The van der Waals surface area contributed by atoms with Crippen molar-refractivity contribution in [1.29, 1.82) is 0 Å². The lowest BCUT2D eigenvalue weighted by Crippen LogP contribution is -2.48. The molecule has 0 bridgehead atoms. The Balaban J connectivity index is 1.95. The van der Waals surface area contributed by atoms with Crippen LogP contribution >= 0.6 is 11.6 Å². The van der Waals surface area contributed by atoms with E-state index in [1.165, 1.54) is 0 Å². The van der Waals surface area contributed by atoms with Gasteiger partial charge in [0.2, 0.25) is 5.91 Å². The van der Waals surface area contributed by atoms with Gasteiger partial charge in [-0.15, -0.1) is 0 Å². The van der Waals surface area contributed by atoms with E-state index in [-0.39, 0.29) is 17.7 Å². The Morgan fingerprint density at radius 1 is 1.04 bits per heavy atom. The molecule has 0 saturated carbocycles. The smallest absolute Gasteiger partial charge is 0.252 e. The first-order valence-corrected chi connectivity index (χ1v) is 9.63. The Labute approximate surface area is 166 Å². The quantitative estimate of drug-likeness (QED) is 0.715. The fourth-order valence-electron chi connectivity index (χ4n) is 2.87. The van der Waals surface area contributed by atoms with Crippen LogP contribution in [-0.4, -0.2) is 24.4 Å². The van der Waals surface area contributed by atoms with Crippen LogP contribution in [0.2, 0.25) is 5.02 Å². The highest BCUT2D eigenvalue weighted by Gasteiger charge is 2.22. The van der Waals surface area contributed by atoms with Crippen molar-refractivity contribution in [1.82, 2.24) is 10.6 Å². The molecule has 0 unspecified atom stereocenters. The lowest BCUT2D eigenvalue weighted by atomic mass is 10.0. The third-order valence-electron chi connectivity index (χ3n) is 4.34. The molecule has 0 aromatic heterocycles. The Morgan fingerprint density at radius 2 is 1.70 bits per heavy atom. The third kappa shape index (κ3) is 6.72. The SMILES string of the molecule is Cc1ccccc1C(=O)N[C@@H](CC(C)C)C(=O)NCCc1ccc(Cl)cc1. The Kier molecular flexibility index (Phi) is 7.86. The van der Waals surface area contributed by atoms with E-state index < -0.39 is 6.04 Å². The summed E-state index contributed by atoms with van der Waals surface area (Å²) < 4.78 is 0. The van der Waals surface area contributed by atoms with Crippen molar-refractivity contribution < 1.29 is 9.59 Å². The average molecular weight is 387 g/mol. The van der Waals surface area contributed by atoms with Crippen LogP contribution in [0.25, 0.3) is 0 Å². The van der Waals surface area contributed by atoms with Gasteiger partial charge in [0.05, 0.1) is 0 Å². The molecule has 0 radical (unpaired) electrons. The molecule has 0 fully saturated rings. The number of nitrogens with one attached hydrogen (secondary N) is 2. The minimum absolute atomic E-state index is 0.153. The van der Waals surface area contributed by atoms with Crippen molar-refractivity contribution in [2.75, 3.05) is 6.54 Å². The molecule has 0 aliphatic rings. The number of hydrogen-bond donors (Lipinski definition) is 2. The summed E-state index contributed by atoms with van der Waals surface area (Å²) in [4.78, 5) is 25.2. The number of halogens is 1. The van der Waals surface area contributed by atoms with Crippen LogP contribution in [0.15, 0.2) is 48.5 Å². The lowest BCUT2D eigenvalue weighted by Gasteiger charge is -2.20. The maximum absolute atomic E-state index is 12.6. The summed E-state index contributed by atoms with van der Waals surface area (Å²) in [5.74, 6) is -0.0830. The van der Waals surface area contributed by atoms with Gasteiger partial charge in [0.15, 0.2) is 0 Å². The van der Waals surface area contributed by atoms with Gasteiger partial charge in [-0.3, -0.25) is 9.59 Å². The monoisotopic (exact) mass is 386 g/mol. The molecular weight excluding hydrogens is 360 g/mol. The molecule has 2 amide bonds. The van der Waals surface area contributed by atoms with Crippen LogP contribution in [-0.2, 0) is 11.2 Å². The number of benzene rings is 2. The normalized spacial score (nSPS) is 11.9. The predicted molar refractivity (Wildman–Crippen MR) is 110 cm³/mol. The van der Waals surface area contributed by atoms with Crippen molar-refractivity contribution >= 4 is 23.4 Å². The molecule has 2 N–H and O–H groups in total. The average Bonchev–Trinajstić information content (AvgIpc) is 2.62. The van der Waals surface area contributed by atoms with E-state index in [1.54, 1.807) is 6.07 Å². The number of amides is 2. The van der Waals surface area contributed by atoms with E-state index in [1.807, 2.05) is 63.2 Å². The van der Waals surface area contributed by atoms with Crippen molar-refractivity contribution in [2.45, 2.75) is 39.7 Å². The van der Waals surface area contributed by atoms with Gasteiger partial charge in [-0.05, 0) is 55.0 Å². The molecule has 0 saturated heterocycles. The van der Waals surface area contributed by atoms with Gasteiger partial charge in [-0.2, -0.15) is 0 Å². The number of carbonyl (C=O) groups is 2. The minimum atomic E-state index is -0.553. The van der Waals surface area contributed by atoms with Crippen molar-refractivity contribution in [3.05, 3.63) is 70.2 Å². The summed E-state index contributed by atoms with van der Waals surface area (Å²) in [7, 11) is 0. The van der Waals surface area contributed by atoms with E-state index in [4.69, 9.17) is 11.6 Å². The molecule has 1 atom stereocenters. The van der Waals surface area contributed by atoms with Gasteiger partial charge in [0, 0.05) is 17.1 Å². The van der Waals surface area contributed by atoms with Crippen LogP contribution in [0, 0.1) is 12.8 Å². The number of rotatable bonds is 8. The largest absolute Gasteiger partial charge is 0.354 e. The third-order valence-corrected chi connectivity index (χ3v) is 4.60. The van der Waals surface area contributed by atoms with Gasteiger partial charge in [-0.25, -0.2) is 0 Å². The first-order valence-electron chi connectivity index (χ1n) is 9.25. The zero-order valence-corrected chi connectivity index (χ0v) is 16.8. The molecule has 0 aliphatic heterocycles. The van der Waals surface area contributed by atoms with E-state index in [2.05, 4.69) is 10.6 Å². The van der Waals surface area contributed by atoms with Gasteiger partial charge in [-0.1, -0.05) is 55.8 Å². The molecule has 0 heterocycles.